The summed E-state index contributed by atoms with van der Waals surface area (Å²) in [4.78, 5) is 23.3. The second-order valence-electron chi connectivity index (χ2n) is 4.82. The van der Waals surface area contributed by atoms with Crippen molar-refractivity contribution in [2.75, 3.05) is 31.4 Å². The largest absolute Gasteiger partial charge is 0.495 e. The van der Waals surface area contributed by atoms with Crippen molar-refractivity contribution in [2.45, 2.75) is 0 Å². The summed E-state index contributed by atoms with van der Waals surface area (Å²) < 4.78 is 9.68. The van der Waals surface area contributed by atoms with Gasteiger partial charge in [-0.2, -0.15) is 0 Å². The maximum atomic E-state index is 12.0. The SMILES string of the molecule is COC(=O)c1ccc(NCC(=O)Nc2ccc(OC)c(Cl)c2)cc1. The Morgan fingerprint density at radius 1 is 1.04 bits per heavy atom. The Labute approximate surface area is 144 Å². The van der Waals surface area contributed by atoms with Crippen LogP contribution in [0.2, 0.25) is 5.02 Å². The fourth-order valence-electron chi connectivity index (χ4n) is 1.97. The first-order valence-electron chi connectivity index (χ1n) is 7.09. The molecule has 0 aromatic heterocycles. The molecule has 2 aromatic carbocycles. The Bertz CT molecular complexity index is 732. The zero-order chi connectivity index (χ0) is 17.5. The smallest absolute Gasteiger partial charge is 0.337 e. The number of carbonyl (C=O) groups is 2. The van der Waals surface area contributed by atoms with Gasteiger partial charge in [0.15, 0.2) is 0 Å². The number of ether oxygens (including phenoxy) is 2. The van der Waals surface area contributed by atoms with Gasteiger partial charge in [-0.05, 0) is 42.5 Å². The molecule has 0 spiro atoms. The van der Waals surface area contributed by atoms with Gasteiger partial charge in [0.05, 0.1) is 31.4 Å². The predicted octanol–water partition coefficient (Wildman–Crippen LogP) is 3.19. The van der Waals surface area contributed by atoms with Gasteiger partial charge in [-0.25, -0.2) is 4.79 Å². The van der Waals surface area contributed by atoms with Gasteiger partial charge < -0.3 is 20.1 Å². The minimum Gasteiger partial charge on any atom is -0.495 e. The van der Waals surface area contributed by atoms with Crippen LogP contribution in [0, 0.1) is 0 Å². The minimum absolute atomic E-state index is 0.0707. The van der Waals surface area contributed by atoms with Crippen LogP contribution in [0.3, 0.4) is 0 Å². The number of amides is 1. The normalized spacial score (nSPS) is 9.96. The third-order valence-corrected chi connectivity index (χ3v) is 3.49. The summed E-state index contributed by atoms with van der Waals surface area (Å²) in [5.41, 5.74) is 1.74. The molecular weight excluding hydrogens is 332 g/mol. The van der Waals surface area contributed by atoms with Crippen molar-refractivity contribution in [2.24, 2.45) is 0 Å². The Morgan fingerprint density at radius 2 is 1.71 bits per heavy atom. The molecule has 0 radical (unpaired) electrons. The highest BCUT2D eigenvalue weighted by Crippen LogP contribution is 2.27. The lowest BCUT2D eigenvalue weighted by Crippen LogP contribution is -2.21. The number of hydrogen-bond donors (Lipinski definition) is 2. The molecule has 2 N–H and O–H groups in total. The lowest BCUT2D eigenvalue weighted by Gasteiger charge is -2.10. The summed E-state index contributed by atoms with van der Waals surface area (Å²) in [6.07, 6.45) is 0. The maximum Gasteiger partial charge on any atom is 0.337 e. The number of nitrogens with one attached hydrogen (secondary N) is 2. The van der Waals surface area contributed by atoms with Gasteiger partial charge in [-0.1, -0.05) is 11.6 Å². The van der Waals surface area contributed by atoms with Crippen molar-refractivity contribution in [1.82, 2.24) is 0 Å². The van der Waals surface area contributed by atoms with E-state index in [-0.39, 0.29) is 12.5 Å². The third kappa shape index (κ3) is 4.63. The molecule has 24 heavy (non-hydrogen) atoms. The summed E-state index contributed by atoms with van der Waals surface area (Å²) >= 11 is 6.01. The number of hydrogen-bond acceptors (Lipinski definition) is 5. The molecule has 0 aliphatic heterocycles. The topological polar surface area (TPSA) is 76.7 Å². The summed E-state index contributed by atoms with van der Waals surface area (Å²) in [6.45, 7) is 0.0707. The molecular formula is C17H17ClN2O4. The molecule has 6 nitrogen and oxygen atoms in total. The molecule has 0 aliphatic carbocycles. The van der Waals surface area contributed by atoms with Gasteiger partial charge in [0.25, 0.3) is 0 Å². The van der Waals surface area contributed by atoms with Gasteiger partial charge in [0, 0.05) is 11.4 Å². The molecule has 2 rings (SSSR count). The van der Waals surface area contributed by atoms with E-state index in [1.54, 1.807) is 42.5 Å². The molecule has 0 bridgehead atoms. The summed E-state index contributed by atoms with van der Waals surface area (Å²) in [5.74, 6) is -0.0950. The van der Waals surface area contributed by atoms with Gasteiger partial charge in [-0.15, -0.1) is 0 Å². The average Bonchev–Trinajstić information content (AvgIpc) is 2.60. The fourth-order valence-corrected chi connectivity index (χ4v) is 2.23. The van der Waals surface area contributed by atoms with E-state index in [4.69, 9.17) is 16.3 Å². The van der Waals surface area contributed by atoms with Gasteiger partial charge in [-0.3, -0.25) is 4.79 Å². The van der Waals surface area contributed by atoms with Crippen molar-refractivity contribution in [3.05, 3.63) is 53.1 Å². The predicted molar refractivity (Wildman–Crippen MR) is 92.9 cm³/mol. The van der Waals surface area contributed by atoms with E-state index in [2.05, 4.69) is 15.4 Å². The molecule has 0 heterocycles. The van der Waals surface area contributed by atoms with Crippen LogP contribution in [0.15, 0.2) is 42.5 Å². The number of carbonyl (C=O) groups excluding carboxylic acids is 2. The molecule has 0 saturated carbocycles. The van der Waals surface area contributed by atoms with Crippen molar-refractivity contribution >= 4 is 34.9 Å². The first-order valence-corrected chi connectivity index (χ1v) is 7.47. The second kappa shape index (κ2) is 8.21. The van der Waals surface area contributed by atoms with Crippen LogP contribution < -0.4 is 15.4 Å². The van der Waals surface area contributed by atoms with Crippen molar-refractivity contribution in [3.63, 3.8) is 0 Å². The number of benzene rings is 2. The minimum atomic E-state index is -0.407. The number of anilines is 2. The highest BCUT2D eigenvalue weighted by atomic mass is 35.5. The van der Waals surface area contributed by atoms with Gasteiger partial charge in [0.1, 0.15) is 5.75 Å². The average molecular weight is 349 g/mol. The highest BCUT2D eigenvalue weighted by molar-refractivity contribution is 6.32. The van der Waals surface area contributed by atoms with Gasteiger partial charge >= 0.3 is 5.97 Å². The summed E-state index contributed by atoms with van der Waals surface area (Å²) in [5, 5.41) is 6.11. The van der Waals surface area contributed by atoms with E-state index in [0.29, 0.717) is 27.7 Å². The number of halogens is 1. The van der Waals surface area contributed by atoms with E-state index < -0.39 is 5.97 Å². The molecule has 1 amide bonds. The monoisotopic (exact) mass is 348 g/mol. The first-order chi connectivity index (χ1) is 11.5. The number of esters is 1. The van der Waals surface area contributed by atoms with Crippen LogP contribution >= 0.6 is 11.6 Å². The van der Waals surface area contributed by atoms with E-state index in [0.717, 1.165) is 0 Å². The number of rotatable bonds is 6. The molecule has 7 heteroatoms. The van der Waals surface area contributed by atoms with E-state index in [1.165, 1.54) is 14.2 Å². The summed E-state index contributed by atoms with van der Waals surface area (Å²) in [7, 11) is 2.85. The molecule has 2 aromatic rings. The first kappa shape index (κ1) is 17.6. The fraction of sp³-hybridized carbons (Fsp3) is 0.176. The van der Waals surface area contributed by atoms with Crippen molar-refractivity contribution < 1.29 is 19.1 Å². The van der Waals surface area contributed by atoms with E-state index in [1.807, 2.05) is 0 Å². The lowest BCUT2D eigenvalue weighted by molar-refractivity contribution is -0.114. The van der Waals surface area contributed by atoms with Crippen molar-refractivity contribution in [1.29, 1.82) is 0 Å². The standard InChI is InChI=1S/C17H17ClN2O4/c1-23-15-8-7-13(9-14(15)18)20-16(21)10-19-12-5-3-11(4-6-12)17(22)24-2/h3-9,19H,10H2,1-2H3,(H,20,21). The zero-order valence-electron chi connectivity index (χ0n) is 13.3. The molecule has 0 saturated heterocycles. The van der Waals surface area contributed by atoms with E-state index >= 15 is 0 Å². The van der Waals surface area contributed by atoms with Crippen LogP contribution in [0.5, 0.6) is 5.75 Å². The van der Waals surface area contributed by atoms with Crippen LogP contribution in [0.4, 0.5) is 11.4 Å². The van der Waals surface area contributed by atoms with Crippen LogP contribution in [0.1, 0.15) is 10.4 Å². The lowest BCUT2D eigenvalue weighted by atomic mass is 10.2. The Morgan fingerprint density at radius 3 is 2.29 bits per heavy atom. The summed E-state index contributed by atoms with van der Waals surface area (Å²) in [6, 6.07) is 11.6. The Kier molecular flexibility index (Phi) is 6.03. The zero-order valence-corrected chi connectivity index (χ0v) is 14.0. The Balaban J connectivity index is 1.89. The van der Waals surface area contributed by atoms with E-state index in [9.17, 15) is 9.59 Å². The molecule has 0 aliphatic rings. The van der Waals surface area contributed by atoms with Gasteiger partial charge in [0.2, 0.25) is 5.91 Å². The second-order valence-corrected chi connectivity index (χ2v) is 5.23. The molecule has 126 valence electrons. The maximum absolute atomic E-state index is 12.0. The van der Waals surface area contributed by atoms with Crippen LogP contribution in [-0.2, 0) is 9.53 Å². The highest BCUT2D eigenvalue weighted by Gasteiger charge is 2.07. The number of methoxy groups -OCH3 is 2. The Hall–Kier alpha value is -2.73. The third-order valence-electron chi connectivity index (χ3n) is 3.19. The quantitative estimate of drug-likeness (QED) is 0.784. The molecule has 0 fully saturated rings. The van der Waals surface area contributed by atoms with Crippen LogP contribution in [0.25, 0.3) is 0 Å². The molecule has 0 atom stereocenters. The molecule has 0 unspecified atom stereocenters. The van der Waals surface area contributed by atoms with Crippen molar-refractivity contribution in [3.8, 4) is 5.75 Å². The van der Waals surface area contributed by atoms with Crippen LogP contribution in [-0.4, -0.2) is 32.6 Å².